The maximum Gasteiger partial charge on any atom is 0.317 e. The molecule has 0 radical (unpaired) electrons. The number of hydrogen-bond acceptors (Lipinski definition) is 4. The van der Waals surface area contributed by atoms with Gasteiger partial charge in [-0.25, -0.2) is 4.79 Å². The molecule has 1 aromatic carbocycles. The van der Waals surface area contributed by atoms with E-state index in [9.17, 15) is 4.79 Å². The molecule has 2 aliphatic rings. The van der Waals surface area contributed by atoms with Crippen LogP contribution in [0.1, 0.15) is 75.0 Å². The van der Waals surface area contributed by atoms with Gasteiger partial charge >= 0.3 is 6.03 Å². The van der Waals surface area contributed by atoms with Crippen molar-refractivity contribution >= 4 is 22.0 Å². The Kier molecular flexibility index (Phi) is 12.8. The highest BCUT2D eigenvalue weighted by Crippen LogP contribution is 2.37. The summed E-state index contributed by atoms with van der Waals surface area (Å²) in [5, 5.41) is 6.11. The standard InChI is InChI=1S/C25H33BrN4O.C4H11N.C2H2/c1-5-17-6-9-21-18(14-17)7-8-19-15-20(26)16-27-22(19)23(21)29-10-12-30(13-11-29)24(31)28-25(2,3)4;1-3-4-5-2;1-2/h6,9,14-16,23H,5,7-8,10-13H2,1-4H3,(H,28,31);5H,3-4H2,1-2H3;1-2H. The number of pyridine rings is 1. The van der Waals surface area contributed by atoms with E-state index < -0.39 is 0 Å². The Hall–Kier alpha value is -2.40. The SMILES string of the molecule is C#C.CCCNC.CCc1ccc2c(c1)CCc1cc(Br)cnc1C2N1CCN(C(=O)NC(C)(C)C)CC1. The van der Waals surface area contributed by atoms with Crippen LogP contribution in [-0.4, -0.2) is 66.1 Å². The van der Waals surface area contributed by atoms with Crippen LogP contribution in [0.15, 0.2) is 34.9 Å². The number of rotatable bonds is 4. The fraction of sp³-hybridized carbons (Fsp3) is 0.548. The third kappa shape index (κ3) is 8.83. The van der Waals surface area contributed by atoms with Crippen LogP contribution < -0.4 is 10.6 Å². The summed E-state index contributed by atoms with van der Waals surface area (Å²) < 4.78 is 1.04. The van der Waals surface area contributed by atoms with Crippen molar-refractivity contribution < 1.29 is 4.79 Å². The van der Waals surface area contributed by atoms with Crippen molar-refractivity contribution in [3.05, 3.63) is 62.9 Å². The Morgan fingerprint density at radius 2 is 1.74 bits per heavy atom. The molecule has 1 aliphatic carbocycles. The number of benzene rings is 1. The third-order valence-electron chi connectivity index (χ3n) is 6.75. The van der Waals surface area contributed by atoms with Crippen LogP contribution in [0.3, 0.4) is 0 Å². The Balaban J connectivity index is 0.000000651. The van der Waals surface area contributed by atoms with Gasteiger partial charge in [-0.2, -0.15) is 0 Å². The summed E-state index contributed by atoms with van der Waals surface area (Å²) in [7, 11) is 1.96. The number of aryl methyl sites for hydroxylation is 3. The normalized spacial score (nSPS) is 17.0. The number of hydrogen-bond donors (Lipinski definition) is 2. The molecule has 2 heterocycles. The average molecular weight is 585 g/mol. The van der Waals surface area contributed by atoms with Gasteiger partial charge in [-0.05, 0) is 104 Å². The van der Waals surface area contributed by atoms with Gasteiger partial charge in [0.2, 0.25) is 0 Å². The molecule has 4 rings (SSSR count). The lowest BCUT2D eigenvalue weighted by atomic mass is 9.94. The minimum atomic E-state index is -0.221. The van der Waals surface area contributed by atoms with Gasteiger partial charge in [0.25, 0.3) is 0 Å². The number of halogens is 1. The van der Waals surface area contributed by atoms with E-state index in [0.717, 1.165) is 56.5 Å². The van der Waals surface area contributed by atoms with Crippen molar-refractivity contribution in [2.24, 2.45) is 0 Å². The van der Waals surface area contributed by atoms with Crippen molar-refractivity contribution in [1.29, 1.82) is 0 Å². The summed E-state index contributed by atoms with van der Waals surface area (Å²) in [5.74, 6) is 0. The van der Waals surface area contributed by atoms with E-state index in [1.165, 1.54) is 34.4 Å². The van der Waals surface area contributed by atoms with Crippen molar-refractivity contribution in [3.8, 4) is 12.8 Å². The van der Waals surface area contributed by atoms with Gasteiger partial charge in [-0.3, -0.25) is 9.88 Å². The van der Waals surface area contributed by atoms with E-state index >= 15 is 0 Å². The van der Waals surface area contributed by atoms with Crippen molar-refractivity contribution in [3.63, 3.8) is 0 Å². The van der Waals surface area contributed by atoms with Crippen LogP contribution in [0.25, 0.3) is 0 Å². The molecule has 7 heteroatoms. The molecular formula is C31H46BrN5O. The lowest BCUT2D eigenvalue weighted by molar-refractivity contribution is 0.115. The first kappa shape index (κ1) is 31.8. The van der Waals surface area contributed by atoms with Crippen molar-refractivity contribution in [2.45, 2.75) is 71.9 Å². The maximum absolute atomic E-state index is 12.6. The number of amides is 2. The molecular weight excluding hydrogens is 538 g/mol. The number of nitrogens with one attached hydrogen (secondary N) is 2. The second-order valence-electron chi connectivity index (χ2n) is 10.8. The van der Waals surface area contributed by atoms with Crippen LogP contribution >= 0.6 is 15.9 Å². The summed E-state index contributed by atoms with van der Waals surface area (Å²) in [4.78, 5) is 22.0. The second-order valence-corrected chi connectivity index (χ2v) is 11.7. The van der Waals surface area contributed by atoms with E-state index in [0.29, 0.717) is 0 Å². The lowest BCUT2D eigenvalue weighted by Gasteiger charge is -2.40. The first-order valence-corrected chi connectivity index (χ1v) is 14.5. The van der Waals surface area contributed by atoms with Gasteiger partial charge in [-0.15, -0.1) is 12.8 Å². The van der Waals surface area contributed by atoms with Crippen molar-refractivity contribution in [1.82, 2.24) is 25.4 Å². The average Bonchev–Trinajstić information content (AvgIpc) is 3.06. The number of carbonyl (C=O) groups excluding carboxylic acids is 1. The number of urea groups is 1. The molecule has 2 N–H and O–H groups in total. The molecule has 6 nitrogen and oxygen atoms in total. The highest BCUT2D eigenvalue weighted by molar-refractivity contribution is 9.10. The first-order valence-electron chi connectivity index (χ1n) is 13.7. The predicted octanol–water partition coefficient (Wildman–Crippen LogP) is 5.59. The van der Waals surface area contributed by atoms with Crippen LogP contribution in [0, 0.1) is 12.8 Å². The van der Waals surface area contributed by atoms with Crippen LogP contribution in [0.2, 0.25) is 0 Å². The summed E-state index contributed by atoms with van der Waals surface area (Å²) in [6.45, 7) is 14.7. The van der Waals surface area contributed by atoms with E-state index in [2.05, 4.69) is 82.4 Å². The summed E-state index contributed by atoms with van der Waals surface area (Å²) >= 11 is 3.61. The fourth-order valence-electron chi connectivity index (χ4n) is 4.92. The van der Waals surface area contributed by atoms with Gasteiger partial charge in [0.05, 0.1) is 11.7 Å². The van der Waals surface area contributed by atoms with Crippen LogP contribution in [0.5, 0.6) is 0 Å². The van der Waals surface area contributed by atoms with E-state index in [1.807, 2.05) is 38.9 Å². The van der Waals surface area contributed by atoms with Gasteiger partial charge in [0.15, 0.2) is 0 Å². The Morgan fingerprint density at radius 1 is 1.08 bits per heavy atom. The summed E-state index contributed by atoms with van der Waals surface area (Å²) in [6.07, 6.45) is 14.3. The van der Waals surface area contributed by atoms with Crippen LogP contribution in [0.4, 0.5) is 4.79 Å². The monoisotopic (exact) mass is 583 g/mol. The van der Waals surface area contributed by atoms with Gasteiger partial charge in [-0.1, -0.05) is 32.0 Å². The fourth-order valence-corrected chi connectivity index (χ4v) is 5.30. The highest BCUT2D eigenvalue weighted by atomic mass is 79.9. The van der Waals surface area contributed by atoms with Gasteiger partial charge in [0.1, 0.15) is 0 Å². The van der Waals surface area contributed by atoms with E-state index in [4.69, 9.17) is 4.98 Å². The van der Waals surface area contributed by atoms with Crippen molar-refractivity contribution in [2.75, 3.05) is 39.8 Å². The molecule has 1 fully saturated rings. The maximum atomic E-state index is 12.6. The first-order chi connectivity index (χ1) is 18.2. The number of nitrogens with zero attached hydrogens (tertiary/aromatic N) is 3. The van der Waals surface area contributed by atoms with E-state index in [-0.39, 0.29) is 17.6 Å². The quantitative estimate of drug-likeness (QED) is 0.461. The number of carbonyl (C=O) groups is 1. The second kappa shape index (κ2) is 15.3. The smallest absolute Gasteiger partial charge is 0.317 e. The Labute approximate surface area is 239 Å². The predicted molar refractivity (Wildman–Crippen MR) is 163 cm³/mol. The van der Waals surface area contributed by atoms with Gasteiger partial charge in [0, 0.05) is 42.4 Å². The summed E-state index contributed by atoms with van der Waals surface area (Å²) in [6, 6.07) is 9.37. The molecule has 1 saturated heterocycles. The number of aromatic nitrogens is 1. The molecule has 2 amide bonds. The molecule has 0 spiro atoms. The number of fused-ring (bicyclic) bond motifs is 2. The molecule has 1 aromatic heterocycles. The highest BCUT2D eigenvalue weighted by Gasteiger charge is 2.33. The molecule has 1 atom stereocenters. The molecule has 2 aromatic rings. The van der Waals surface area contributed by atoms with Crippen LogP contribution in [-0.2, 0) is 19.3 Å². The lowest BCUT2D eigenvalue weighted by Crippen LogP contribution is -2.55. The third-order valence-corrected chi connectivity index (χ3v) is 7.18. The Morgan fingerprint density at radius 3 is 2.29 bits per heavy atom. The molecule has 208 valence electrons. The number of piperazine rings is 1. The molecule has 1 aliphatic heterocycles. The zero-order valence-electron chi connectivity index (χ0n) is 24.1. The Bertz CT molecular complexity index is 1050. The topological polar surface area (TPSA) is 60.5 Å². The van der Waals surface area contributed by atoms with Gasteiger partial charge < -0.3 is 15.5 Å². The molecule has 0 saturated carbocycles. The molecule has 38 heavy (non-hydrogen) atoms. The minimum absolute atomic E-state index is 0.0310. The van der Waals surface area contributed by atoms with E-state index in [1.54, 1.807) is 0 Å². The summed E-state index contributed by atoms with van der Waals surface area (Å²) in [5.41, 5.74) is 6.47. The minimum Gasteiger partial charge on any atom is -0.333 e. The molecule has 0 bridgehead atoms. The molecule has 1 unspecified atom stereocenters. The zero-order valence-corrected chi connectivity index (χ0v) is 25.7. The number of terminal acetylenes is 1. The zero-order chi connectivity index (χ0) is 28.3. The largest absolute Gasteiger partial charge is 0.333 e.